The molecule has 0 aliphatic rings. The van der Waals surface area contributed by atoms with E-state index < -0.39 is 17.9 Å². The maximum Gasteiger partial charge on any atom is 0.366 e. The summed E-state index contributed by atoms with van der Waals surface area (Å²) in [6.07, 6.45) is 8.20. The summed E-state index contributed by atoms with van der Waals surface area (Å²) in [6, 6.07) is 0. The Balaban J connectivity index is 0. The summed E-state index contributed by atoms with van der Waals surface area (Å²) in [5, 5.41) is 0. The normalized spacial score (nSPS) is 14.9. The minimum absolute atomic E-state index is 0.945. The van der Waals surface area contributed by atoms with Crippen molar-refractivity contribution in [3.05, 3.63) is 0 Å². The van der Waals surface area contributed by atoms with E-state index in [1.54, 1.807) is 0 Å². The molecule has 0 saturated heterocycles. The van der Waals surface area contributed by atoms with Crippen molar-refractivity contribution in [2.75, 3.05) is 48.0 Å². The molecule has 0 radical (unpaired) electrons. The second kappa shape index (κ2) is 15.1. The van der Waals surface area contributed by atoms with Crippen LogP contribution in [0.1, 0.15) is 59.3 Å². The first kappa shape index (κ1) is 31.4. The van der Waals surface area contributed by atoms with E-state index in [2.05, 4.69) is 73.3 Å². The molecule has 0 aromatic heterocycles. The molecule has 172 valence electrons. The van der Waals surface area contributed by atoms with Gasteiger partial charge in [-0.3, -0.25) is 4.57 Å². The fraction of sp³-hybridized carbons (Fsp3) is 1.00. The molecule has 0 aromatic carbocycles. The molecule has 0 aromatic rings. The maximum absolute atomic E-state index is 11.8. The van der Waals surface area contributed by atoms with Gasteiger partial charge >= 0.3 is 7.60 Å². The molecule has 11 heteroatoms. The fourth-order valence-electron chi connectivity index (χ4n) is 2.51. The number of quaternary nitrogens is 1. The summed E-state index contributed by atoms with van der Waals surface area (Å²) in [4.78, 5) is 11.4. The topological polar surface area (TPSA) is 84.9 Å². The Bertz CT molecular complexity index is 478. The monoisotopic (exact) mass is 573 g/mol. The smallest absolute Gasteiger partial charge is 0.366 e. The van der Waals surface area contributed by atoms with E-state index in [0.717, 1.165) is 21.3 Å². The van der Waals surface area contributed by atoms with Gasteiger partial charge < -0.3 is 27.5 Å². The lowest BCUT2D eigenvalue weighted by Crippen LogP contribution is -2.46. The zero-order valence-electron chi connectivity index (χ0n) is 18.4. The highest BCUT2D eigenvalue weighted by atomic mass is 79.9. The van der Waals surface area contributed by atoms with Crippen molar-refractivity contribution in [2.24, 2.45) is 0 Å². The van der Waals surface area contributed by atoms with Crippen molar-refractivity contribution in [1.29, 1.82) is 0 Å². The third-order valence-electron chi connectivity index (χ3n) is 4.53. The first-order chi connectivity index (χ1) is 12.9. The largest absolute Gasteiger partial charge is 0.776 e. The van der Waals surface area contributed by atoms with Crippen LogP contribution in [0.2, 0.25) is 0 Å². The van der Waals surface area contributed by atoms with Crippen LogP contribution in [0, 0.1) is 0 Å². The van der Waals surface area contributed by atoms with Crippen molar-refractivity contribution in [2.45, 2.75) is 62.0 Å². The number of unbranched alkanes of at least 4 members (excludes halogenated alkanes) is 3. The quantitative estimate of drug-likeness (QED) is 0.146. The minimum atomic E-state index is -4.46. The zero-order valence-corrected chi connectivity index (χ0v) is 23.4. The summed E-state index contributed by atoms with van der Waals surface area (Å²) in [6.45, 7) is 11.0. The molecule has 7 nitrogen and oxygen atoms in total. The molecular formula is C17H39Br2NO6P2. The van der Waals surface area contributed by atoms with Crippen molar-refractivity contribution in [1.82, 2.24) is 0 Å². The molecule has 28 heavy (non-hydrogen) atoms. The lowest BCUT2D eigenvalue weighted by molar-refractivity contribution is -0.910. The Morgan fingerprint density at radius 1 is 0.821 bits per heavy atom. The van der Waals surface area contributed by atoms with Crippen molar-refractivity contribution >= 4 is 47.1 Å². The van der Waals surface area contributed by atoms with Gasteiger partial charge in [-0.2, -0.15) is 0 Å². The Labute approximate surface area is 188 Å². The summed E-state index contributed by atoms with van der Waals surface area (Å²) >= 11 is 5.42. The summed E-state index contributed by atoms with van der Waals surface area (Å²) in [5.74, 6) is 0. The van der Waals surface area contributed by atoms with E-state index in [-0.39, 0.29) is 0 Å². The van der Waals surface area contributed by atoms with Crippen molar-refractivity contribution in [3.8, 4) is 0 Å². The van der Waals surface area contributed by atoms with Gasteiger partial charge in [-0.1, -0.05) is 40.0 Å². The van der Waals surface area contributed by atoms with Crippen LogP contribution < -0.4 is 4.89 Å². The SMILES string of the molecule is CCCC[N+](C)(CCCC)CCCC.COP(=O)([O-])C(Br)(Br)P(=O)(OC)OC. The molecule has 0 aliphatic heterocycles. The average molecular weight is 575 g/mol. The molecule has 0 bridgehead atoms. The van der Waals surface area contributed by atoms with Gasteiger partial charge in [0.05, 0.1) is 26.7 Å². The summed E-state index contributed by atoms with van der Waals surface area (Å²) in [7, 11) is -2.83. The predicted molar refractivity (Wildman–Crippen MR) is 122 cm³/mol. The Morgan fingerprint density at radius 3 is 1.36 bits per heavy atom. The highest BCUT2D eigenvalue weighted by Gasteiger charge is 2.55. The number of rotatable bonds is 14. The van der Waals surface area contributed by atoms with Gasteiger partial charge in [0.25, 0.3) is 0 Å². The third kappa shape index (κ3) is 10.0. The standard InChI is InChI=1S/C13H30N.C4H10Br2O6P2/c1-5-8-11-14(4,12-9-6-2)13-10-7-3;1-10-13(7,8)4(5,6)14(9,11-2)12-3/h5-13H2,1-4H3;1-3H3,(H,7,8)/q+1;/p-1. The average Bonchev–Trinajstić information content (AvgIpc) is 2.68. The second-order valence-electron chi connectivity index (χ2n) is 6.90. The van der Waals surface area contributed by atoms with Crippen LogP contribution in [-0.2, 0) is 22.7 Å². The highest BCUT2D eigenvalue weighted by molar-refractivity contribution is 9.29. The molecule has 1 atom stereocenters. The Hall–Kier alpha value is 1.22. The lowest BCUT2D eigenvalue weighted by Gasteiger charge is -2.36. The Morgan fingerprint density at radius 2 is 1.14 bits per heavy atom. The molecule has 0 saturated carbocycles. The molecule has 0 N–H and O–H groups in total. The van der Waals surface area contributed by atoms with Crippen LogP contribution in [-0.4, -0.2) is 55.2 Å². The van der Waals surface area contributed by atoms with E-state index in [4.69, 9.17) is 0 Å². The van der Waals surface area contributed by atoms with Gasteiger partial charge in [0, 0.05) is 21.3 Å². The number of nitrogens with zero attached hydrogens (tertiary/aromatic N) is 1. The van der Waals surface area contributed by atoms with Crippen LogP contribution in [0.25, 0.3) is 0 Å². The summed E-state index contributed by atoms with van der Waals surface area (Å²) in [5.41, 5.74) is 0. The molecule has 0 heterocycles. The zero-order chi connectivity index (χ0) is 22.5. The number of halogens is 2. The predicted octanol–water partition coefficient (Wildman–Crippen LogP) is 5.91. The molecule has 1 unspecified atom stereocenters. The van der Waals surface area contributed by atoms with E-state index in [1.807, 2.05) is 0 Å². The summed E-state index contributed by atoms with van der Waals surface area (Å²) < 4.78 is 35.7. The second-order valence-corrected chi connectivity index (χ2v) is 17.6. The molecule has 0 aliphatic carbocycles. The molecule has 0 rings (SSSR count). The van der Waals surface area contributed by atoms with Gasteiger partial charge in [-0.15, -0.1) is 0 Å². The number of hydrogen-bond donors (Lipinski definition) is 0. The van der Waals surface area contributed by atoms with Gasteiger partial charge in [0.15, 0.2) is 7.60 Å². The van der Waals surface area contributed by atoms with E-state index in [0.29, 0.717) is 0 Å². The van der Waals surface area contributed by atoms with Crippen LogP contribution >= 0.6 is 47.1 Å². The first-order valence-corrected chi connectivity index (χ1v) is 14.3. The molecule has 0 spiro atoms. The van der Waals surface area contributed by atoms with E-state index >= 15 is 0 Å². The lowest BCUT2D eigenvalue weighted by atomic mass is 10.2. The molecular weight excluding hydrogens is 536 g/mol. The van der Waals surface area contributed by atoms with Crippen LogP contribution in [0.15, 0.2) is 0 Å². The van der Waals surface area contributed by atoms with Crippen molar-refractivity contribution < 1.29 is 32.1 Å². The van der Waals surface area contributed by atoms with E-state index in [1.165, 1.54) is 62.6 Å². The first-order valence-electron chi connectivity index (χ1n) is 9.66. The van der Waals surface area contributed by atoms with Gasteiger partial charge in [-0.25, -0.2) is 0 Å². The Kier molecular flexibility index (Phi) is 16.9. The molecule has 0 fully saturated rings. The van der Waals surface area contributed by atoms with Crippen LogP contribution in [0.4, 0.5) is 0 Å². The number of alkyl halides is 2. The maximum atomic E-state index is 11.8. The van der Waals surface area contributed by atoms with Crippen LogP contribution in [0.5, 0.6) is 0 Å². The third-order valence-corrected chi connectivity index (χ3v) is 14.0. The van der Waals surface area contributed by atoms with Crippen LogP contribution in [0.3, 0.4) is 0 Å². The van der Waals surface area contributed by atoms with Gasteiger partial charge in [0.1, 0.15) is 0 Å². The fourth-order valence-corrected chi connectivity index (χ4v) is 7.86. The minimum Gasteiger partial charge on any atom is -0.776 e. The van der Waals surface area contributed by atoms with E-state index in [9.17, 15) is 14.0 Å². The van der Waals surface area contributed by atoms with Gasteiger partial charge in [0.2, 0.25) is 2.72 Å². The van der Waals surface area contributed by atoms with Gasteiger partial charge in [-0.05, 0) is 51.1 Å². The number of hydrogen-bond acceptors (Lipinski definition) is 6. The van der Waals surface area contributed by atoms with Crippen molar-refractivity contribution in [3.63, 3.8) is 0 Å². The highest BCUT2D eigenvalue weighted by Crippen LogP contribution is 2.79. The molecule has 0 amide bonds.